The van der Waals surface area contributed by atoms with Crippen LogP contribution in [0.5, 0.6) is 0 Å². The van der Waals surface area contributed by atoms with Gasteiger partial charge in [0, 0.05) is 36.4 Å². The van der Waals surface area contributed by atoms with Crippen molar-refractivity contribution in [2.24, 2.45) is 7.05 Å². The molecule has 0 atom stereocenters. The third kappa shape index (κ3) is 5.21. The van der Waals surface area contributed by atoms with Crippen molar-refractivity contribution < 1.29 is 9.59 Å². The molecule has 2 N–H and O–H groups in total. The van der Waals surface area contributed by atoms with E-state index in [0.717, 1.165) is 16.4 Å². The first-order chi connectivity index (χ1) is 13.0. The van der Waals surface area contributed by atoms with Crippen molar-refractivity contribution >= 4 is 35.0 Å². The maximum Gasteiger partial charge on any atom is 0.255 e. The molecule has 0 aliphatic rings. The normalized spacial score (nSPS) is 10.4. The van der Waals surface area contributed by atoms with Crippen LogP contribution in [0.3, 0.4) is 0 Å². The first-order valence-corrected chi connectivity index (χ1v) is 9.38. The van der Waals surface area contributed by atoms with Crippen molar-refractivity contribution in [1.82, 2.24) is 9.55 Å². The Morgan fingerprint density at radius 2 is 1.85 bits per heavy atom. The number of nitrogens with one attached hydrogen (secondary N) is 2. The number of aromatic nitrogens is 2. The summed E-state index contributed by atoms with van der Waals surface area (Å²) in [4.78, 5) is 28.5. The van der Waals surface area contributed by atoms with Crippen molar-refractivity contribution in [2.45, 2.75) is 12.1 Å². The topological polar surface area (TPSA) is 76.0 Å². The molecule has 6 nitrogen and oxygen atoms in total. The van der Waals surface area contributed by atoms with E-state index >= 15 is 0 Å². The molecule has 3 rings (SSSR count). The van der Waals surface area contributed by atoms with Gasteiger partial charge in [-0.25, -0.2) is 4.98 Å². The van der Waals surface area contributed by atoms with Crippen LogP contribution in [-0.2, 0) is 11.8 Å². The van der Waals surface area contributed by atoms with Crippen LogP contribution in [0, 0.1) is 6.92 Å². The Bertz CT molecular complexity index is 951. The molecule has 0 saturated heterocycles. The van der Waals surface area contributed by atoms with Crippen LogP contribution in [0.25, 0.3) is 0 Å². The fraction of sp³-hybridized carbons (Fsp3) is 0.150. The molecule has 0 bridgehead atoms. The standard InChI is InChI=1S/C20H20N4O2S/c1-14-4-3-5-17(12-14)23-19(26)15-6-8-16(9-7-15)22-18(25)13-27-20-21-10-11-24(20)2/h3-12H,13H2,1-2H3,(H,22,25)(H,23,26). The van der Waals surface area contributed by atoms with Gasteiger partial charge < -0.3 is 15.2 Å². The summed E-state index contributed by atoms with van der Waals surface area (Å²) in [5.74, 6) is -0.0516. The molecule has 27 heavy (non-hydrogen) atoms. The predicted octanol–water partition coefficient (Wildman–Crippen LogP) is 3.71. The van der Waals surface area contributed by atoms with Gasteiger partial charge in [0.05, 0.1) is 5.75 Å². The fourth-order valence-corrected chi connectivity index (χ4v) is 3.18. The third-order valence-corrected chi connectivity index (χ3v) is 4.87. The number of benzene rings is 2. The Hall–Kier alpha value is -3.06. The van der Waals surface area contributed by atoms with Crippen LogP contribution >= 0.6 is 11.8 Å². The lowest BCUT2D eigenvalue weighted by Crippen LogP contribution is -2.15. The van der Waals surface area contributed by atoms with Crippen LogP contribution in [0.1, 0.15) is 15.9 Å². The van der Waals surface area contributed by atoms with Gasteiger partial charge in [0.2, 0.25) is 5.91 Å². The van der Waals surface area contributed by atoms with Gasteiger partial charge in [0.15, 0.2) is 5.16 Å². The number of amides is 2. The number of nitrogens with zero attached hydrogens (tertiary/aromatic N) is 2. The smallest absolute Gasteiger partial charge is 0.255 e. The summed E-state index contributed by atoms with van der Waals surface area (Å²) in [7, 11) is 1.88. The summed E-state index contributed by atoms with van der Waals surface area (Å²) in [6.45, 7) is 1.97. The zero-order valence-electron chi connectivity index (χ0n) is 15.1. The van der Waals surface area contributed by atoms with Gasteiger partial charge in [-0.05, 0) is 48.9 Å². The number of imidazole rings is 1. The number of thioether (sulfide) groups is 1. The van der Waals surface area contributed by atoms with Crippen molar-refractivity contribution in [1.29, 1.82) is 0 Å². The summed E-state index contributed by atoms with van der Waals surface area (Å²) < 4.78 is 1.86. The lowest BCUT2D eigenvalue weighted by Gasteiger charge is -2.08. The summed E-state index contributed by atoms with van der Waals surface area (Å²) in [6, 6.07) is 14.4. The van der Waals surface area contributed by atoms with E-state index in [4.69, 9.17) is 0 Å². The molecule has 1 heterocycles. The number of hydrogen-bond acceptors (Lipinski definition) is 4. The Labute approximate surface area is 162 Å². The molecule has 0 unspecified atom stereocenters. The van der Waals surface area contributed by atoms with Crippen molar-refractivity contribution in [2.75, 3.05) is 16.4 Å². The van der Waals surface area contributed by atoms with Crippen molar-refractivity contribution in [3.05, 3.63) is 72.1 Å². The van der Waals surface area contributed by atoms with E-state index in [2.05, 4.69) is 15.6 Å². The largest absolute Gasteiger partial charge is 0.329 e. The molecule has 0 aliphatic heterocycles. The van der Waals surface area contributed by atoms with Gasteiger partial charge in [0.1, 0.15) is 0 Å². The molecular weight excluding hydrogens is 360 g/mol. The van der Waals surface area contributed by atoms with Crippen LogP contribution in [0.15, 0.2) is 66.1 Å². The van der Waals surface area contributed by atoms with Crippen LogP contribution in [0.2, 0.25) is 0 Å². The van der Waals surface area contributed by atoms with Gasteiger partial charge in [-0.3, -0.25) is 9.59 Å². The van der Waals surface area contributed by atoms with Gasteiger partial charge in [-0.1, -0.05) is 23.9 Å². The summed E-state index contributed by atoms with van der Waals surface area (Å²) in [5, 5.41) is 6.47. The second-order valence-corrected chi connectivity index (χ2v) is 7.00. The predicted molar refractivity (Wildman–Crippen MR) is 108 cm³/mol. The highest BCUT2D eigenvalue weighted by Crippen LogP contribution is 2.16. The Balaban J connectivity index is 1.54. The zero-order valence-corrected chi connectivity index (χ0v) is 15.9. The lowest BCUT2D eigenvalue weighted by molar-refractivity contribution is -0.113. The van der Waals surface area contributed by atoms with Gasteiger partial charge in [0.25, 0.3) is 5.91 Å². The summed E-state index contributed by atoms with van der Waals surface area (Å²) in [5.41, 5.74) is 3.00. The Morgan fingerprint density at radius 1 is 1.07 bits per heavy atom. The Kier molecular flexibility index (Phi) is 5.93. The highest BCUT2D eigenvalue weighted by molar-refractivity contribution is 7.99. The molecule has 0 aliphatic carbocycles. The zero-order chi connectivity index (χ0) is 19.2. The molecular formula is C20H20N4O2S. The average Bonchev–Trinajstić information content (AvgIpc) is 3.05. The number of carbonyl (C=O) groups is 2. The number of carbonyl (C=O) groups excluding carboxylic acids is 2. The van der Waals surface area contributed by atoms with E-state index < -0.39 is 0 Å². The second-order valence-electron chi connectivity index (χ2n) is 6.06. The molecule has 138 valence electrons. The molecule has 0 saturated carbocycles. The summed E-state index contributed by atoms with van der Waals surface area (Å²) >= 11 is 1.37. The minimum atomic E-state index is -0.191. The lowest BCUT2D eigenvalue weighted by atomic mass is 10.1. The van der Waals surface area contributed by atoms with Crippen molar-refractivity contribution in [3.63, 3.8) is 0 Å². The molecule has 7 heteroatoms. The first kappa shape index (κ1) is 18.7. The minimum Gasteiger partial charge on any atom is -0.329 e. The number of rotatable bonds is 6. The molecule has 0 fully saturated rings. The van der Waals surface area contributed by atoms with Crippen LogP contribution < -0.4 is 10.6 Å². The SMILES string of the molecule is Cc1cccc(NC(=O)c2ccc(NC(=O)CSc3nccn3C)cc2)c1. The third-order valence-electron chi connectivity index (χ3n) is 3.82. The number of aryl methyl sites for hydroxylation is 2. The van der Waals surface area contributed by atoms with E-state index in [0.29, 0.717) is 11.3 Å². The second kappa shape index (κ2) is 8.55. The van der Waals surface area contributed by atoms with Crippen LogP contribution in [0.4, 0.5) is 11.4 Å². The average molecular weight is 380 g/mol. The highest BCUT2D eigenvalue weighted by Gasteiger charge is 2.09. The molecule has 2 aromatic carbocycles. The van der Waals surface area contributed by atoms with E-state index in [1.165, 1.54) is 11.8 Å². The van der Waals surface area contributed by atoms with E-state index in [1.807, 2.05) is 49.0 Å². The molecule has 0 radical (unpaired) electrons. The highest BCUT2D eigenvalue weighted by atomic mass is 32.2. The van der Waals surface area contributed by atoms with Gasteiger partial charge in [-0.2, -0.15) is 0 Å². The molecule has 2 amide bonds. The van der Waals surface area contributed by atoms with Gasteiger partial charge in [-0.15, -0.1) is 0 Å². The number of hydrogen-bond donors (Lipinski definition) is 2. The summed E-state index contributed by atoms with van der Waals surface area (Å²) in [6.07, 6.45) is 3.53. The monoisotopic (exact) mass is 380 g/mol. The fourth-order valence-electron chi connectivity index (χ4n) is 2.45. The first-order valence-electron chi connectivity index (χ1n) is 8.39. The van der Waals surface area contributed by atoms with E-state index in [9.17, 15) is 9.59 Å². The maximum absolute atomic E-state index is 12.3. The van der Waals surface area contributed by atoms with E-state index in [-0.39, 0.29) is 17.6 Å². The quantitative estimate of drug-likeness (QED) is 0.639. The maximum atomic E-state index is 12.3. The van der Waals surface area contributed by atoms with Gasteiger partial charge >= 0.3 is 0 Å². The Morgan fingerprint density at radius 3 is 2.52 bits per heavy atom. The minimum absolute atomic E-state index is 0.125. The van der Waals surface area contributed by atoms with Crippen molar-refractivity contribution in [3.8, 4) is 0 Å². The molecule has 0 spiro atoms. The van der Waals surface area contributed by atoms with E-state index in [1.54, 1.807) is 30.5 Å². The molecule has 1 aromatic heterocycles. The molecule has 3 aromatic rings. The number of anilines is 2. The van der Waals surface area contributed by atoms with Crippen LogP contribution in [-0.4, -0.2) is 27.1 Å².